The van der Waals surface area contributed by atoms with Gasteiger partial charge in [0.25, 0.3) is 5.91 Å². The number of thiazole rings is 1. The molecular formula is C21H19N3O2S. The monoisotopic (exact) mass is 377 g/mol. The highest BCUT2D eigenvalue weighted by Crippen LogP contribution is 2.26. The lowest BCUT2D eigenvalue weighted by atomic mass is 10.2. The minimum atomic E-state index is -0.0243. The Morgan fingerprint density at radius 1 is 1.15 bits per heavy atom. The minimum absolute atomic E-state index is 0.0243. The number of imidazole rings is 1. The number of hydrogen-bond donors (Lipinski definition) is 0. The topological polar surface area (TPSA) is 46.8 Å². The van der Waals surface area contributed by atoms with Crippen molar-refractivity contribution >= 4 is 22.2 Å². The van der Waals surface area contributed by atoms with Crippen molar-refractivity contribution in [2.45, 2.75) is 6.54 Å². The predicted molar refractivity (Wildman–Crippen MR) is 107 cm³/mol. The van der Waals surface area contributed by atoms with Crippen LogP contribution in [0.15, 0.2) is 66.2 Å². The van der Waals surface area contributed by atoms with Crippen LogP contribution in [0.2, 0.25) is 0 Å². The second-order valence-electron chi connectivity index (χ2n) is 6.27. The first-order valence-electron chi connectivity index (χ1n) is 8.56. The Balaban J connectivity index is 1.60. The summed E-state index contributed by atoms with van der Waals surface area (Å²) < 4.78 is 7.07. The number of carbonyl (C=O) groups excluding carboxylic acids is 1. The lowest BCUT2D eigenvalue weighted by Crippen LogP contribution is -2.27. The third-order valence-corrected chi connectivity index (χ3v) is 5.26. The van der Waals surface area contributed by atoms with Crippen LogP contribution in [0, 0.1) is 0 Å². The van der Waals surface area contributed by atoms with Crippen molar-refractivity contribution in [3.05, 3.63) is 77.4 Å². The van der Waals surface area contributed by atoms with Gasteiger partial charge in [-0.25, -0.2) is 4.98 Å². The molecule has 0 unspecified atom stereocenters. The molecule has 0 fully saturated rings. The molecule has 5 nitrogen and oxygen atoms in total. The average Bonchev–Trinajstić information content (AvgIpc) is 3.29. The zero-order valence-electron chi connectivity index (χ0n) is 15.1. The number of amides is 1. The maximum absolute atomic E-state index is 12.9. The van der Waals surface area contributed by atoms with Gasteiger partial charge in [0.1, 0.15) is 11.4 Å². The fourth-order valence-corrected chi connectivity index (χ4v) is 3.81. The molecule has 2 aromatic carbocycles. The van der Waals surface area contributed by atoms with E-state index in [1.165, 1.54) is 11.3 Å². The Labute approximate surface area is 161 Å². The van der Waals surface area contributed by atoms with E-state index >= 15 is 0 Å². The van der Waals surface area contributed by atoms with E-state index in [0.29, 0.717) is 12.2 Å². The molecule has 1 amide bonds. The Kier molecular flexibility index (Phi) is 4.64. The molecule has 2 heterocycles. The number of nitrogens with zero attached hydrogens (tertiary/aromatic N) is 3. The Morgan fingerprint density at radius 2 is 1.89 bits per heavy atom. The quantitative estimate of drug-likeness (QED) is 0.520. The third-order valence-electron chi connectivity index (χ3n) is 4.42. The van der Waals surface area contributed by atoms with Crippen LogP contribution in [0.4, 0.5) is 0 Å². The van der Waals surface area contributed by atoms with Gasteiger partial charge in [-0.05, 0) is 29.8 Å². The summed E-state index contributed by atoms with van der Waals surface area (Å²) in [5.41, 5.74) is 3.55. The second-order valence-corrected chi connectivity index (χ2v) is 7.11. The van der Waals surface area contributed by atoms with E-state index in [0.717, 1.165) is 27.5 Å². The first-order valence-corrected chi connectivity index (χ1v) is 9.44. The summed E-state index contributed by atoms with van der Waals surface area (Å²) in [6.45, 7) is 0.567. The van der Waals surface area contributed by atoms with Gasteiger partial charge in [0.15, 0.2) is 4.96 Å². The highest BCUT2D eigenvalue weighted by atomic mass is 32.1. The van der Waals surface area contributed by atoms with Crippen molar-refractivity contribution in [3.8, 4) is 17.0 Å². The summed E-state index contributed by atoms with van der Waals surface area (Å²) in [7, 11) is 3.46. The predicted octanol–water partition coefficient (Wildman–Crippen LogP) is 4.34. The van der Waals surface area contributed by atoms with E-state index in [2.05, 4.69) is 4.98 Å². The van der Waals surface area contributed by atoms with Crippen molar-refractivity contribution in [2.24, 2.45) is 0 Å². The van der Waals surface area contributed by atoms with Gasteiger partial charge in [-0.1, -0.05) is 30.3 Å². The molecule has 0 radical (unpaired) electrons. The van der Waals surface area contributed by atoms with Gasteiger partial charge in [0.2, 0.25) is 0 Å². The van der Waals surface area contributed by atoms with E-state index in [4.69, 9.17) is 4.74 Å². The van der Waals surface area contributed by atoms with Crippen molar-refractivity contribution in [1.29, 1.82) is 0 Å². The molecule has 0 aliphatic heterocycles. The van der Waals surface area contributed by atoms with Crippen LogP contribution in [0.1, 0.15) is 16.1 Å². The number of carbonyl (C=O) groups is 1. The van der Waals surface area contributed by atoms with E-state index in [1.807, 2.05) is 77.6 Å². The molecule has 136 valence electrons. The zero-order valence-corrected chi connectivity index (χ0v) is 15.9. The normalized spacial score (nSPS) is 10.9. The van der Waals surface area contributed by atoms with Gasteiger partial charge in [-0.3, -0.25) is 9.20 Å². The molecule has 27 heavy (non-hydrogen) atoms. The number of aromatic nitrogens is 2. The number of hydrogen-bond acceptors (Lipinski definition) is 4. The van der Waals surface area contributed by atoms with E-state index in [1.54, 1.807) is 12.0 Å². The maximum Gasteiger partial charge on any atom is 0.271 e. The Morgan fingerprint density at radius 3 is 2.59 bits per heavy atom. The van der Waals surface area contributed by atoms with E-state index in [9.17, 15) is 4.79 Å². The summed E-state index contributed by atoms with van der Waals surface area (Å²) in [5.74, 6) is 0.780. The number of benzene rings is 2. The van der Waals surface area contributed by atoms with Crippen LogP contribution in [-0.4, -0.2) is 34.3 Å². The molecule has 0 atom stereocenters. The molecule has 0 bridgehead atoms. The molecule has 6 heteroatoms. The Hall–Kier alpha value is -3.12. The van der Waals surface area contributed by atoms with E-state index < -0.39 is 0 Å². The summed E-state index contributed by atoms with van der Waals surface area (Å²) in [5, 5.41) is 1.87. The molecule has 0 aliphatic carbocycles. The van der Waals surface area contributed by atoms with Crippen LogP contribution in [0.25, 0.3) is 16.2 Å². The molecule has 0 saturated heterocycles. The largest absolute Gasteiger partial charge is 0.497 e. The second kappa shape index (κ2) is 7.25. The molecule has 4 aromatic rings. The Bertz CT molecular complexity index is 1070. The summed E-state index contributed by atoms with van der Waals surface area (Å²) in [6.07, 6.45) is 1.91. The van der Waals surface area contributed by atoms with Crippen molar-refractivity contribution < 1.29 is 9.53 Å². The van der Waals surface area contributed by atoms with Crippen LogP contribution >= 0.6 is 11.3 Å². The number of methoxy groups -OCH3 is 1. The highest BCUT2D eigenvalue weighted by Gasteiger charge is 2.18. The summed E-state index contributed by atoms with van der Waals surface area (Å²) in [6, 6.07) is 17.7. The van der Waals surface area contributed by atoms with Crippen molar-refractivity contribution in [2.75, 3.05) is 14.2 Å². The van der Waals surface area contributed by atoms with Crippen molar-refractivity contribution in [3.63, 3.8) is 0 Å². The first-order chi connectivity index (χ1) is 13.2. The van der Waals surface area contributed by atoms with Gasteiger partial charge in [0.05, 0.1) is 12.8 Å². The molecule has 0 saturated carbocycles. The fourth-order valence-electron chi connectivity index (χ4n) is 2.96. The van der Waals surface area contributed by atoms with Gasteiger partial charge in [-0.2, -0.15) is 0 Å². The van der Waals surface area contributed by atoms with Gasteiger partial charge < -0.3 is 9.64 Å². The minimum Gasteiger partial charge on any atom is -0.497 e. The highest BCUT2D eigenvalue weighted by molar-refractivity contribution is 7.15. The van der Waals surface area contributed by atoms with Crippen molar-refractivity contribution in [1.82, 2.24) is 14.3 Å². The average molecular weight is 377 g/mol. The first kappa shape index (κ1) is 17.3. The van der Waals surface area contributed by atoms with Gasteiger partial charge >= 0.3 is 0 Å². The van der Waals surface area contributed by atoms with Gasteiger partial charge in [-0.15, -0.1) is 11.3 Å². The number of rotatable bonds is 5. The maximum atomic E-state index is 12.9. The number of fused-ring (bicyclic) bond motifs is 1. The molecule has 4 rings (SSSR count). The smallest absolute Gasteiger partial charge is 0.271 e. The standard InChI is InChI=1S/C21H19N3O2S/c1-23(12-15-6-4-3-5-7-15)20(25)19-14-27-21-22-18(13-24(19)21)16-8-10-17(26-2)11-9-16/h3-11,13-14H,12H2,1-2H3. The lowest BCUT2D eigenvalue weighted by Gasteiger charge is -2.16. The van der Waals surface area contributed by atoms with Gasteiger partial charge in [0, 0.05) is 30.7 Å². The van der Waals surface area contributed by atoms with Crippen LogP contribution in [-0.2, 0) is 6.54 Å². The fraction of sp³-hybridized carbons (Fsp3) is 0.143. The van der Waals surface area contributed by atoms with E-state index in [-0.39, 0.29) is 5.91 Å². The van der Waals surface area contributed by atoms with Crippen LogP contribution in [0.5, 0.6) is 5.75 Å². The summed E-state index contributed by atoms with van der Waals surface area (Å²) in [4.78, 5) is 20.1. The lowest BCUT2D eigenvalue weighted by molar-refractivity contribution is 0.0778. The summed E-state index contributed by atoms with van der Waals surface area (Å²) >= 11 is 1.47. The molecule has 0 N–H and O–H groups in total. The molecule has 0 spiro atoms. The third kappa shape index (κ3) is 3.44. The van der Waals surface area contributed by atoms with Crippen LogP contribution < -0.4 is 4.74 Å². The molecule has 2 aromatic heterocycles. The molecular weight excluding hydrogens is 358 g/mol. The zero-order chi connectivity index (χ0) is 18.8. The van der Waals surface area contributed by atoms with Crippen LogP contribution in [0.3, 0.4) is 0 Å². The number of ether oxygens (including phenoxy) is 1. The SMILES string of the molecule is COc1ccc(-c2cn3c(C(=O)N(C)Cc4ccccc4)csc3n2)cc1. The molecule has 0 aliphatic rings.